The van der Waals surface area contributed by atoms with Gasteiger partial charge in [-0.15, -0.1) is 0 Å². The number of amides is 1. The molecule has 1 aromatic carbocycles. The summed E-state index contributed by atoms with van der Waals surface area (Å²) in [7, 11) is 0. The maximum Gasteiger partial charge on any atom is 0.229 e. The first-order valence-electron chi connectivity index (χ1n) is 8.24. The van der Waals surface area contributed by atoms with E-state index < -0.39 is 5.41 Å². The van der Waals surface area contributed by atoms with Crippen LogP contribution in [0, 0.1) is 5.41 Å². The van der Waals surface area contributed by atoms with E-state index in [1.165, 1.54) is 0 Å². The zero-order chi connectivity index (χ0) is 16.4. The lowest BCUT2D eigenvalue weighted by atomic mass is 9.74. The smallest absolute Gasteiger partial charge is 0.229 e. The molecular weight excluding hydrogens is 310 g/mol. The van der Waals surface area contributed by atoms with Crippen molar-refractivity contribution >= 4 is 23.8 Å². The molecule has 2 unspecified atom stereocenters. The van der Waals surface area contributed by atoms with Crippen molar-refractivity contribution in [2.45, 2.75) is 51.1 Å². The summed E-state index contributed by atoms with van der Waals surface area (Å²) in [5.41, 5.74) is 0.553. The van der Waals surface area contributed by atoms with Crippen LogP contribution in [0.5, 0.6) is 0 Å². The predicted octanol–water partition coefficient (Wildman–Crippen LogP) is 4.32. The summed E-state index contributed by atoms with van der Waals surface area (Å²) >= 11 is 6.00. The van der Waals surface area contributed by atoms with Gasteiger partial charge >= 0.3 is 0 Å². The van der Waals surface area contributed by atoms with Gasteiger partial charge in [-0.2, -0.15) is 0 Å². The summed E-state index contributed by atoms with van der Waals surface area (Å²) in [4.78, 5) is 26.2. The van der Waals surface area contributed by atoms with Crippen LogP contribution in [0.25, 0.3) is 0 Å². The monoisotopic (exact) mass is 331 g/mol. The first kappa shape index (κ1) is 16.3. The van der Waals surface area contributed by atoms with Gasteiger partial charge < -0.3 is 9.69 Å². The Labute approximate surface area is 142 Å². The lowest BCUT2D eigenvalue weighted by molar-refractivity contribution is -0.153. The van der Waals surface area contributed by atoms with Crippen LogP contribution < -0.4 is 0 Å². The van der Waals surface area contributed by atoms with E-state index in [0.717, 1.165) is 37.5 Å². The van der Waals surface area contributed by atoms with Crippen LogP contribution in [-0.2, 0) is 9.59 Å². The Kier molecular flexibility index (Phi) is 4.58. The molecule has 0 radical (unpaired) electrons. The van der Waals surface area contributed by atoms with Crippen molar-refractivity contribution in [3.63, 3.8) is 0 Å². The molecule has 3 atom stereocenters. The number of rotatable bonds is 4. The van der Waals surface area contributed by atoms with Crippen molar-refractivity contribution in [3.05, 3.63) is 47.0 Å². The van der Waals surface area contributed by atoms with Gasteiger partial charge in [0.15, 0.2) is 0 Å². The highest BCUT2D eigenvalue weighted by Crippen LogP contribution is 2.44. The van der Waals surface area contributed by atoms with Crippen LogP contribution in [0.15, 0.2) is 36.4 Å². The fourth-order valence-electron chi connectivity index (χ4n) is 3.77. The van der Waals surface area contributed by atoms with Gasteiger partial charge in [0.2, 0.25) is 5.91 Å². The lowest BCUT2D eigenvalue weighted by Gasteiger charge is -2.46. The molecule has 1 saturated heterocycles. The molecule has 1 fully saturated rings. The van der Waals surface area contributed by atoms with Gasteiger partial charge in [-0.25, -0.2) is 0 Å². The molecule has 122 valence electrons. The minimum absolute atomic E-state index is 0.0623. The predicted molar refractivity (Wildman–Crippen MR) is 91.2 cm³/mol. The number of halogens is 1. The molecular formula is C19H22ClNO2. The van der Waals surface area contributed by atoms with E-state index in [9.17, 15) is 9.59 Å². The van der Waals surface area contributed by atoms with Crippen LogP contribution >= 0.6 is 11.6 Å². The summed E-state index contributed by atoms with van der Waals surface area (Å²) < 4.78 is 0. The number of carbonyl (C=O) groups is 2. The van der Waals surface area contributed by atoms with E-state index in [-0.39, 0.29) is 18.0 Å². The van der Waals surface area contributed by atoms with Crippen LogP contribution in [0.4, 0.5) is 0 Å². The number of hydrogen-bond donors (Lipinski definition) is 0. The Bertz CT molecular complexity index is 625. The van der Waals surface area contributed by atoms with Gasteiger partial charge in [0.1, 0.15) is 6.29 Å². The minimum Gasteiger partial charge on any atom is -0.329 e. The summed E-state index contributed by atoms with van der Waals surface area (Å²) in [6, 6.07) is 7.97. The third-order valence-electron chi connectivity index (χ3n) is 5.19. The zero-order valence-corrected chi connectivity index (χ0v) is 14.1. The first-order chi connectivity index (χ1) is 11.0. The quantitative estimate of drug-likeness (QED) is 0.608. The number of allylic oxidation sites excluding steroid dienone is 1. The van der Waals surface area contributed by atoms with E-state index in [2.05, 4.69) is 12.2 Å². The zero-order valence-electron chi connectivity index (χ0n) is 13.4. The highest BCUT2D eigenvalue weighted by atomic mass is 35.5. The number of hydrogen-bond acceptors (Lipinski definition) is 2. The normalized spacial score (nSPS) is 30.7. The van der Waals surface area contributed by atoms with Gasteiger partial charge in [-0.05, 0) is 43.4 Å². The summed E-state index contributed by atoms with van der Waals surface area (Å²) in [6.07, 6.45) is 9.04. The van der Waals surface area contributed by atoms with E-state index in [1.807, 2.05) is 36.1 Å². The van der Waals surface area contributed by atoms with E-state index in [1.54, 1.807) is 0 Å². The molecule has 0 spiro atoms. The van der Waals surface area contributed by atoms with Crippen molar-refractivity contribution in [3.8, 4) is 0 Å². The topological polar surface area (TPSA) is 37.4 Å². The molecule has 2 aliphatic rings. The van der Waals surface area contributed by atoms with Gasteiger partial charge in [0, 0.05) is 11.4 Å². The van der Waals surface area contributed by atoms with Crippen LogP contribution in [0.1, 0.15) is 50.6 Å². The molecule has 1 aromatic rings. The fourth-order valence-corrected chi connectivity index (χ4v) is 3.90. The molecule has 3 rings (SSSR count). The average Bonchev–Trinajstić information content (AvgIpc) is 3.05. The second-order valence-electron chi connectivity index (χ2n) is 6.82. The molecule has 1 amide bonds. The van der Waals surface area contributed by atoms with Crippen molar-refractivity contribution < 1.29 is 9.59 Å². The second kappa shape index (κ2) is 6.48. The molecule has 0 bridgehead atoms. The average molecular weight is 332 g/mol. The van der Waals surface area contributed by atoms with Gasteiger partial charge in [-0.1, -0.05) is 42.8 Å². The molecule has 1 aliphatic carbocycles. The SMILES string of the molecule is C[C@]1(CC=O)CCC(c2ccc(Cl)cc2)N(C2C=CCC2)C1=O. The number of piperidine rings is 1. The second-order valence-corrected chi connectivity index (χ2v) is 7.26. The highest BCUT2D eigenvalue weighted by Gasteiger charge is 2.46. The fraction of sp³-hybridized carbons (Fsp3) is 0.474. The Hall–Kier alpha value is -1.61. The third kappa shape index (κ3) is 3.07. The molecule has 0 saturated carbocycles. The number of carbonyl (C=O) groups excluding carboxylic acids is 2. The number of nitrogens with zero attached hydrogens (tertiary/aromatic N) is 1. The molecule has 1 aliphatic heterocycles. The summed E-state index contributed by atoms with van der Waals surface area (Å²) in [6.45, 7) is 1.92. The standard InChI is InChI=1S/C19H22ClNO2/c1-19(12-13-22)11-10-17(14-6-8-15(20)9-7-14)21(18(19)23)16-4-2-3-5-16/h2,4,6-9,13,16-17H,3,5,10-12H2,1H3/t16?,17?,19-/m1/s1. The van der Waals surface area contributed by atoms with Gasteiger partial charge in [0.25, 0.3) is 0 Å². The van der Waals surface area contributed by atoms with Crippen molar-refractivity contribution in [1.29, 1.82) is 0 Å². The van der Waals surface area contributed by atoms with E-state index in [0.29, 0.717) is 11.4 Å². The van der Waals surface area contributed by atoms with Crippen molar-refractivity contribution in [1.82, 2.24) is 4.90 Å². The molecule has 4 heteroatoms. The van der Waals surface area contributed by atoms with Gasteiger partial charge in [-0.3, -0.25) is 4.79 Å². The third-order valence-corrected chi connectivity index (χ3v) is 5.44. The molecule has 1 heterocycles. The first-order valence-corrected chi connectivity index (χ1v) is 8.61. The number of benzene rings is 1. The van der Waals surface area contributed by atoms with Crippen LogP contribution in [0.3, 0.4) is 0 Å². The maximum absolute atomic E-state index is 13.2. The molecule has 0 N–H and O–H groups in total. The summed E-state index contributed by atoms with van der Waals surface area (Å²) in [5, 5.41) is 0.703. The van der Waals surface area contributed by atoms with Crippen LogP contribution in [0.2, 0.25) is 5.02 Å². The van der Waals surface area contributed by atoms with Gasteiger partial charge in [0.05, 0.1) is 17.5 Å². The van der Waals surface area contributed by atoms with Crippen LogP contribution in [-0.4, -0.2) is 23.1 Å². The lowest BCUT2D eigenvalue weighted by Crippen LogP contribution is -2.52. The van der Waals surface area contributed by atoms with E-state index >= 15 is 0 Å². The molecule has 3 nitrogen and oxygen atoms in total. The minimum atomic E-state index is -0.568. The van der Waals surface area contributed by atoms with E-state index in [4.69, 9.17) is 11.6 Å². The number of aldehydes is 1. The summed E-state index contributed by atoms with van der Waals surface area (Å²) in [5.74, 6) is 0.104. The Morgan fingerprint density at radius 2 is 2.04 bits per heavy atom. The maximum atomic E-state index is 13.2. The highest BCUT2D eigenvalue weighted by molar-refractivity contribution is 6.30. The molecule has 0 aromatic heterocycles. The Balaban J connectivity index is 1.95. The molecule has 23 heavy (non-hydrogen) atoms. The Morgan fingerprint density at radius 1 is 1.30 bits per heavy atom. The largest absolute Gasteiger partial charge is 0.329 e. The Morgan fingerprint density at radius 3 is 2.65 bits per heavy atom. The van der Waals surface area contributed by atoms with Crippen molar-refractivity contribution in [2.24, 2.45) is 5.41 Å². The number of likely N-dealkylation sites (tertiary alicyclic amines) is 1. The van der Waals surface area contributed by atoms with Crippen molar-refractivity contribution in [2.75, 3.05) is 0 Å².